The number of nitrogens with one attached hydrogen (secondary N) is 2. The SMILES string of the molecule is CCOc1ccc(C(=O)NCC(=O)Nc2ncccc2OCC2CCCCC2)cc1. The molecule has 160 valence electrons. The van der Waals surface area contributed by atoms with Crippen molar-refractivity contribution in [1.82, 2.24) is 10.3 Å². The van der Waals surface area contributed by atoms with Crippen LogP contribution in [-0.2, 0) is 4.79 Å². The van der Waals surface area contributed by atoms with Gasteiger partial charge in [0.05, 0.1) is 19.8 Å². The second kappa shape index (κ2) is 11.2. The van der Waals surface area contributed by atoms with Crippen molar-refractivity contribution in [2.24, 2.45) is 5.92 Å². The molecule has 1 aliphatic carbocycles. The molecule has 0 radical (unpaired) electrons. The maximum Gasteiger partial charge on any atom is 0.251 e. The number of rotatable bonds is 9. The summed E-state index contributed by atoms with van der Waals surface area (Å²) in [5.74, 6) is 1.47. The molecule has 1 aliphatic rings. The second-order valence-corrected chi connectivity index (χ2v) is 7.35. The summed E-state index contributed by atoms with van der Waals surface area (Å²) in [6.07, 6.45) is 7.76. The molecule has 1 aromatic heterocycles. The maximum atomic E-state index is 12.3. The first-order valence-electron chi connectivity index (χ1n) is 10.5. The van der Waals surface area contributed by atoms with E-state index in [2.05, 4.69) is 15.6 Å². The normalized spacial score (nSPS) is 14.0. The van der Waals surface area contributed by atoms with Crippen LogP contribution in [0.3, 0.4) is 0 Å². The zero-order chi connectivity index (χ0) is 21.2. The van der Waals surface area contributed by atoms with Gasteiger partial charge < -0.3 is 20.1 Å². The van der Waals surface area contributed by atoms with E-state index in [1.807, 2.05) is 6.92 Å². The lowest BCUT2D eigenvalue weighted by Gasteiger charge is -2.22. The number of pyridine rings is 1. The molecule has 2 aromatic rings. The second-order valence-electron chi connectivity index (χ2n) is 7.35. The van der Waals surface area contributed by atoms with Gasteiger partial charge in [-0.15, -0.1) is 0 Å². The minimum atomic E-state index is -0.365. The number of anilines is 1. The highest BCUT2D eigenvalue weighted by Gasteiger charge is 2.16. The van der Waals surface area contributed by atoms with Gasteiger partial charge in [-0.2, -0.15) is 0 Å². The molecule has 7 heteroatoms. The highest BCUT2D eigenvalue weighted by Crippen LogP contribution is 2.26. The molecule has 2 amide bonds. The number of benzene rings is 1. The minimum absolute atomic E-state index is 0.162. The number of carbonyl (C=O) groups excluding carboxylic acids is 2. The summed E-state index contributed by atoms with van der Waals surface area (Å²) in [5, 5.41) is 5.33. The third-order valence-electron chi connectivity index (χ3n) is 5.06. The molecular formula is C23H29N3O4. The van der Waals surface area contributed by atoms with Gasteiger partial charge in [-0.25, -0.2) is 4.98 Å². The summed E-state index contributed by atoms with van der Waals surface area (Å²) in [5.41, 5.74) is 0.459. The molecule has 1 saturated carbocycles. The largest absolute Gasteiger partial charge is 0.494 e. The van der Waals surface area contributed by atoms with E-state index in [0.717, 1.165) is 0 Å². The van der Waals surface area contributed by atoms with E-state index in [4.69, 9.17) is 9.47 Å². The van der Waals surface area contributed by atoms with Gasteiger partial charge in [0.1, 0.15) is 5.75 Å². The van der Waals surface area contributed by atoms with Crippen LogP contribution in [0.4, 0.5) is 5.82 Å². The zero-order valence-electron chi connectivity index (χ0n) is 17.4. The van der Waals surface area contributed by atoms with Crippen molar-refractivity contribution in [3.05, 3.63) is 48.2 Å². The van der Waals surface area contributed by atoms with Crippen LogP contribution in [0.1, 0.15) is 49.4 Å². The Balaban J connectivity index is 1.48. The van der Waals surface area contributed by atoms with Crippen molar-refractivity contribution in [2.45, 2.75) is 39.0 Å². The number of amides is 2. The molecule has 0 saturated heterocycles. The van der Waals surface area contributed by atoms with Crippen LogP contribution >= 0.6 is 0 Å². The summed E-state index contributed by atoms with van der Waals surface area (Å²) in [7, 11) is 0. The fraction of sp³-hybridized carbons (Fsp3) is 0.435. The average molecular weight is 412 g/mol. The predicted molar refractivity (Wildman–Crippen MR) is 115 cm³/mol. The van der Waals surface area contributed by atoms with Gasteiger partial charge in [0.25, 0.3) is 5.91 Å². The van der Waals surface area contributed by atoms with Crippen molar-refractivity contribution in [3.8, 4) is 11.5 Å². The van der Waals surface area contributed by atoms with Gasteiger partial charge >= 0.3 is 0 Å². The summed E-state index contributed by atoms with van der Waals surface area (Å²) in [6, 6.07) is 10.3. The molecule has 0 spiro atoms. The predicted octanol–water partition coefficient (Wildman–Crippen LogP) is 3.81. The topological polar surface area (TPSA) is 89.5 Å². The molecule has 1 heterocycles. The summed E-state index contributed by atoms with van der Waals surface area (Å²) in [4.78, 5) is 28.8. The van der Waals surface area contributed by atoms with Crippen molar-refractivity contribution >= 4 is 17.6 Å². The molecule has 7 nitrogen and oxygen atoms in total. The van der Waals surface area contributed by atoms with E-state index in [0.29, 0.717) is 42.0 Å². The molecule has 1 aromatic carbocycles. The van der Waals surface area contributed by atoms with Gasteiger partial charge in [-0.1, -0.05) is 19.3 Å². The van der Waals surface area contributed by atoms with Gasteiger partial charge in [-0.05, 0) is 62.1 Å². The standard InChI is InChI=1S/C23H29N3O4/c1-2-29-19-12-10-18(11-13-19)23(28)25-15-21(27)26-22-20(9-6-14-24-22)30-16-17-7-4-3-5-8-17/h6,9-14,17H,2-5,7-8,15-16H2,1H3,(H,25,28)(H,24,26,27). The molecule has 0 unspecified atom stereocenters. The number of ether oxygens (including phenoxy) is 2. The number of nitrogens with zero attached hydrogens (tertiary/aromatic N) is 1. The fourth-order valence-corrected chi connectivity index (χ4v) is 3.47. The van der Waals surface area contributed by atoms with Crippen LogP contribution in [0, 0.1) is 5.92 Å². The highest BCUT2D eigenvalue weighted by atomic mass is 16.5. The highest BCUT2D eigenvalue weighted by molar-refractivity contribution is 5.99. The summed E-state index contributed by atoms with van der Waals surface area (Å²) in [6.45, 7) is 2.92. The lowest BCUT2D eigenvalue weighted by molar-refractivity contribution is -0.115. The zero-order valence-corrected chi connectivity index (χ0v) is 17.4. The van der Waals surface area contributed by atoms with Gasteiger partial charge in [0.15, 0.2) is 11.6 Å². The van der Waals surface area contributed by atoms with E-state index < -0.39 is 0 Å². The number of carbonyl (C=O) groups is 2. The average Bonchev–Trinajstić information content (AvgIpc) is 2.78. The molecule has 30 heavy (non-hydrogen) atoms. The van der Waals surface area contributed by atoms with E-state index in [1.54, 1.807) is 42.6 Å². The molecule has 2 N–H and O–H groups in total. The summed E-state index contributed by atoms with van der Waals surface area (Å²) < 4.78 is 11.3. The van der Waals surface area contributed by atoms with E-state index in [-0.39, 0.29) is 18.4 Å². The lowest BCUT2D eigenvalue weighted by atomic mass is 9.90. The fourth-order valence-electron chi connectivity index (χ4n) is 3.47. The molecule has 1 fully saturated rings. The monoisotopic (exact) mass is 411 g/mol. The Morgan fingerprint density at radius 3 is 2.57 bits per heavy atom. The molecule has 0 aliphatic heterocycles. The van der Waals surface area contributed by atoms with Crippen molar-refractivity contribution in [2.75, 3.05) is 25.1 Å². The van der Waals surface area contributed by atoms with Crippen LogP contribution in [0.15, 0.2) is 42.6 Å². The van der Waals surface area contributed by atoms with E-state index >= 15 is 0 Å². The van der Waals surface area contributed by atoms with Crippen LogP contribution in [-0.4, -0.2) is 36.6 Å². The smallest absolute Gasteiger partial charge is 0.251 e. The Kier molecular flexibility index (Phi) is 8.06. The van der Waals surface area contributed by atoms with Crippen LogP contribution < -0.4 is 20.1 Å². The van der Waals surface area contributed by atoms with Crippen LogP contribution in [0.5, 0.6) is 11.5 Å². The Hall–Kier alpha value is -3.09. The molecule has 0 bridgehead atoms. The molecule has 0 atom stereocenters. The van der Waals surface area contributed by atoms with Gasteiger partial charge in [0, 0.05) is 11.8 Å². The Bertz CT molecular complexity index is 833. The third-order valence-corrected chi connectivity index (χ3v) is 5.06. The number of hydrogen-bond donors (Lipinski definition) is 2. The van der Waals surface area contributed by atoms with Gasteiger partial charge in [-0.3, -0.25) is 9.59 Å². The van der Waals surface area contributed by atoms with Crippen molar-refractivity contribution in [3.63, 3.8) is 0 Å². The molecule has 3 rings (SSSR count). The molecular weight excluding hydrogens is 382 g/mol. The quantitative estimate of drug-likeness (QED) is 0.655. The Morgan fingerprint density at radius 1 is 1.07 bits per heavy atom. The number of hydrogen-bond acceptors (Lipinski definition) is 5. The number of aromatic nitrogens is 1. The third kappa shape index (κ3) is 6.47. The Morgan fingerprint density at radius 2 is 1.83 bits per heavy atom. The van der Waals surface area contributed by atoms with Crippen LogP contribution in [0.25, 0.3) is 0 Å². The van der Waals surface area contributed by atoms with Crippen molar-refractivity contribution in [1.29, 1.82) is 0 Å². The van der Waals surface area contributed by atoms with Crippen LogP contribution in [0.2, 0.25) is 0 Å². The first-order valence-corrected chi connectivity index (χ1v) is 10.5. The Labute approximate surface area is 177 Å². The van der Waals surface area contributed by atoms with Crippen molar-refractivity contribution < 1.29 is 19.1 Å². The lowest BCUT2D eigenvalue weighted by Crippen LogP contribution is -2.33. The maximum absolute atomic E-state index is 12.3. The van der Waals surface area contributed by atoms with Gasteiger partial charge in [0.2, 0.25) is 5.91 Å². The summed E-state index contributed by atoms with van der Waals surface area (Å²) >= 11 is 0. The van der Waals surface area contributed by atoms with E-state index in [9.17, 15) is 9.59 Å². The van der Waals surface area contributed by atoms with E-state index in [1.165, 1.54) is 32.1 Å². The minimum Gasteiger partial charge on any atom is -0.494 e. The first kappa shape index (κ1) is 21.6. The first-order chi connectivity index (χ1) is 14.7.